The zero-order chi connectivity index (χ0) is 22.6. The highest BCUT2D eigenvalue weighted by Crippen LogP contribution is 2.35. The van der Waals surface area contributed by atoms with E-state index in [0.717, 1.165) is 32.9 Å². The number of thioether (sulfide) groups is 1. The van der Waals surface area contributed by atoms with E-state index in [2.05, 4.69) is 17.2 Å². The van der Waals surface area contributed by atoms with Gasteiger partial charge in [0.15, 0.2) is 0 Å². The van der Waals surface area contributed by atoms with E-state index < -0.39 is 11.9 Å². The molecule has 3 rings (SSSR count). The molecule has 9 heteroatoms. The number of aryl methyl sites for hydroxylation is 1. The lowest BCUT2D eigenvalue weighted by molar-refractivity contribution is -0.0583. The van der Waals surface area contributed by atoms with Crippen molar-refractivity contribution < 1.29 is 13.2 Å². The number of anilines is 1. The fraction of sp³-hybridized carbons (Fsp3) is 0.182. The monoisotopic (exact) mass is 481 g/mol. The Morgan fingerprint density at radius 3 is 2.65 bits per heavy atom. The number of pyridine rings is 1. The Morgan fingerprint density at radius 2 is 2.00 bits per heavy atom. The Labute approximate surface area is 191 Å². The van der Waals surface area contributed by atoms with Crippen molar-refractivity contribution in [3.8, 4) is 10.4 Å². The maximum Gasteiger partial charge on any atom is 0.432 e. The zero-order valence-electron chi connectivity index (χ0n) is 16.7. The van der Waals surface area contributed by atoms with Crippen LogP contribution in [0.4, 0.5) is 18.9 Å². The first-order valence-electron chi connectivity index (χ1n) is 9.28. The van der Waals surface area contributed by atoms with Crippen LogP contribution in [0, 0.1) is 12.3 Å². The molecule has 0 aliphatic carbocycles. The molecule has 0 bridgehead atoms. The number of nitrogens with zero attached hydrogens (tertiary/aromatic N) is 1. The molecule has 0 aliphatic heterocycles. The van der Waals surface area contributed by atoms with Gasteiger partial charge in [-0.2, -0.15) is 13.2 Å². The SMILES string of the molecule is CCSc1ncc(-c2ccc(/C(=C/C(=N)C(F)(F)F)Nc3ccccc3Cl)s2)cc1C. The highest BCUT2D eigenvalue weighted by molar-refractivity contribution is 7.99. The molecule has 2 heterocycles. The van der Waals surface area contributed by atoms with E-state index in [1.54, 1.807) is 48.3 Å². The fourth-order valence-corrected chi connectivity index (χ4v) is 4.55. The van der Waals surface area contributed by atoms with Crippen molar-refractivity contribution in [2.75, 3.05) is 11.1 Å². The van der Waals surface area contributed by atoms with Crippen molar-refractivity contribution in [1.82, 2.24) is 4.98 Å². The van der Waals surface area contributed by atoms with E-state index in [1.807, 2.05) is 19.1 Å². The van der Waals surface area contributed by atoms with Crippen molar-refractivity contribution in [3.63, 3.8) is 0 Å². The van der Waals surface area contributed by atoms with Gasteiger partial charge < -0.3 is 5.32 Å². The average Bonchev–Trinajstić information content (AvgIpc) is 3.20. The van der Waals surface area contributed by atoms with Crippen LogP contribution in [-0.4, -0.2) is 22.6 Å². The van der Waals surface area contributed by atoms with Crippen LogP contribution in [-0.2, 0) is 0 Å². The molecular formula is C22H19ClF3N3S2. The van der Waals surface area contributed by atoms with Crippen molar-refractivity contribution in [2.45, 2.75) is 25.0 Å². The van der Waals surface area contributed by atoms with Crippen LogP contribution in [0.2, 0.25) is 5.02 Å². The molecule has 0 amide bonds. The number of benzene rings is 1. The number of aromatic nitrogens is 1. The maximum absolute atomic E-state index is 13.0. The first-order valence-corrected chi connectivity index (χ1v) is 11.5. The van der Waals surface area contributed by atoms with Crippen LogP contribution < -0.4 is 5.32 Å². The summed E-state index contributed by atoms with van der Waals surface area (Å²) in [7, 11) is 0. The number of nitrogens with one attached hydrogen (secondary N) is 2. The normalized spacial score (nSPS) is 12.1. The van der Waals surface area contributed by atoms with Gasteiger partial charge in [0.25, 0.3) is 0 Å². The Morgan fingerprint density at radius 1 is 1.26 bits per heavy atom. The van der Waals surface area contributed by atoms with Gasteiger partial charge in [-0.1, -0.05) is 30.7 Å². The highest BCUT2D eigenvalue weighted by atomic mass is 35.5. The van der Waals surface area contributed by atoms with Crippen LogP contribution in [0.25, 0.3) is 16.1 Å². The van der Waals surface area contributed by atoms with Gasteiger partial charge in [-0.3, -0.25) is 5.41 Å². The van der Waals surface area contributed by atoms with Gasteiger partial charge in [-0.25, -0.2) is 4.98 Å². The summed E-state index contributed by atoms with van der Waals surface area (Å²) in [5.41, 5.74) is 1.09. The Bertz CT molecular complexity index is 1120. The van der Waals surface area contributed by atoms with E-state index in [9.17, 15) is 13.2 Å². The molecular weight excluding hydrogens is 463 g/mol. The first kappa shape index (κ1) is 23.4. The number of halogens is 4. The van der Waals surface area contributed by atoms with Gasteiger partial charge in [-0.15, -0.1) is 23.1 Å². The summed E-state index contributed by atoms with van der Waals surface area (Å²) in [5, 5.41) is 11.7. The smallest absolute Gasteiger partial charge is 0.353 e. The Balaban J connectivity index is 1.98. The lowest BCUT2D eigenvalue weighted by atomic mass is 10.2. The second kappa shape index (κ2) is 9.89. The second-order valence-corrected chi connectivity index (χ2v) is 9.26. The predicted octanol–water partition coefficient (Wildman–Crippen LogP) is 7.92. The number of hydrogen-bond acceptors (Lipinski definition) is 5. The summed E-state index contributed by atoms with van der Waals surface area (Å²) in [6.07, 6.45) is -2.20. The van der Waals surface area contributed by atoms with Gasteiger partial charge >= 0.3 is 6.18 Å². The van der Waals surface area contributed by atoms with Crippen molar-refractivity contribution in [1.29, 1.82) is 5.41 Å². The second-order valence-electron chi connectivity index (χ2n) is 6.52. The number of hydrogen-bond donors (Lipinski definition) is 2. The van der Waals surface area contributed by atoms with Gasteiger partial charge in [-0.05, 0) is 54.6 Å². The number of thiophene rings is 1. The molecule has 0 unspecified atom stereocenters. The molecule has 3 nitrogen and oxygen atoms in total. The van der Waals surface area contributed by atoms with Gasteiger partial charge in [0.05, 0.1) is 26.3 Å². The topological polar surface area (TPSA) is 48.8 Å². The summed E-state index contributed by atoms with van der Waals surface area (Å²) in [6.45, 7) is 4.04. The van der Waals surface area contributed by atoms with E-state index in [0.29, 0.717) is 15.6 Å². The highest BCUT2D eigenvalue weighted by Gasteiger charge is 2.33. The Kier molecular flexibility index (Phi) is 7.46. The van der Waals surface area contributed by atoms with E-state index in [-0.39, 0.29) is 5.70 Å². The maximum atomic E-state index is 13.0. The number of allylic oxidation sites excluding steroid dienone is 1. The molecule has 0 saturated carbocycles. The largest absolute Gasteiger partial charge is 0.432 e. The van der Waals surface area contributed by atoms with E-state index in [1.165, 1.54) is 11.3 Å². The number of para-hydroxylation sites is 1. The third-order valence-electron chi connectivity index (χ3n) is 4.20. The van der Waals surface area contributed by atoms with Crippen molar-refractivity contribution >= 4 is 51.8 Å². The predicted molar refractivity (Wildman–Crippen MR) is 126 cm³/mol. The molecule has 162 valence electrons. The molecule has 0 spiro atoms. The van der Waals surface area contributed by atoms with E-state index in [4.69, 9.17) is 17.0 Å². The van der Waals surface area contributed by atoms with Gasteiger partial charge in [0.2, 0.25) is 0 Å². The van der Waals surface area contributed by atoms with E-state index >= 15 is 0 Å². The Hall–Kier alpha value is -2.29. The minimum atomic E-state index is -4.75. The number of rotatable bonds is 7. The zero-order valence-corrected chi connectivity index (χ0v) is 19.1. The van der Waals surface area contributed by atoms with Gasteiger partial charge in [0.1, 0.15) is 5.71 Å². The molecule has 0 saturated heterocycles. The lowest BCUT2D eigenvalue weighted by Gasteiger charge is -2.13. The van der Waals surface area contributed by atoms with Crippen LogP contribution in [0.5, 0.6) is 0 Å². The molecule has 2 N–H and O–H groups in total. The first-order chi connectivity index (χ1) is 14.7. The number of alkyl halides is 3. The standard InChI is InChI=1S/C22H19ClF3N3S2/c1-3-30-21-13(2)10-14(12-28-21)18-8-9-19(31-18)17(11-20(27)22(24,25)26)29-16-7-5-4-6-15(16)23/h4-12,27,29H,3H2,1-2H3/b17-11-,27-20?. The molecule has 3 aromatic rings. The van der Waals surface area contributed by atoms with Crippen LogP contribution >= 0.6 is 34.7 Å². The molecule has 1 aromatic carbocycles. The third kappa shape index (κ3) is 5.90. The van der Waals surface area contributed by atoms with Crippen LogP contribution in [0.15, 0.2) is 59.8 Å². The summed E-state index contributed by atoms with van der Waals surface area (Å²) >= 11 is 9.14. The molecule has 0 aliphatic rings. The summed E-state index contributed by atoms with van der Waals surface area (Å²) in [6, 6.07) is 12.3. The van der Waals surface area contributed by atoms with Crippen molar-refractivity contribution in [3.05, 3.63) is 70.2 Å². The minimum absolute atomic E-state index is 0.148. The molecule has 0 atom stereocenters. The summed E-state index contributed by atoms with van der Waals surface area (Å²) < 4.78 is 39.1. The third-order valence-corrected chi connectivity index (χ3v) is 6.69. The minimum Gasteiger partial charge on any atom is -0.353 e. The summed E-state index contributed by atoms with van der Waals surface area (Å²) in [5.74, 6) is 0.920. The lowest BCUT2D eigenvalue weighted by Crippen LogP contribution is -2.20. The van der Waals surface area contributed by atoms with Gasteiger partial charge in [0, 0.05) is 16.6 Å². The average molecular weight is 482 g/mol. The molecule has 0 radical (unpaired) electrons. The molecule has 31 heavy (non-hydrogen) atoms. The molecule has 0 fully saturated rings. The quantitative estimate of drug-likeness (QED) is 0.266. The van der Waals surface area contributed by atoms with Crippen LogP contribution in [0.1, 0.15) is 17.4 Å². The molecule has 2 aromatic heterocycles. The van der Waals surface area contributed by atoms with Crippen LogP contribution in [0.3, 0.4) is 0 Å². The van der Waals surface area contributed by atoms with Crippen molar-refractivity contribution in [2.24, 2.45) is 0 Å². The summed E-state index contributed by atoms with van der Waals surface area (Å²) in [4.78, 5) is 5.91. The fourth-order valence-electron chi connectivity index (χ4n) is 2.73.